The molecule has 2 aromatic carbocycles. The van der Waals surface area contributed by atoms with E-state index >= 15 is 0 Å². The maximum Gasteiger partial charge on any atom is 0.240 e. The number of anilines is 1. The Bertz CT molecular complexity index is 1020. The Labute approximate surface area is 181 Å². The van der Waals surface area contributed by atoms with E-state index in [0.717, 1.165) is 6.42 Å². The molecule has 1 aliphatic rings. The van der Waals surface area contributed by atoms with Gasteiger partial charge in [0, 0.05) is 37.2 Å². The van der Waals surface area contributed by atoms with Gasteiger partial charge < -0.3 is 24.3 Å². The number of benzene rings is 2. The number of rotatable bonds is 9. The van der Waals surface area contributed by atoms with Gasteiger partial charge in [-0.1, -0.05) is 0 Å². The molecule has 0 atom stereocenters. The maximum absolute atomic E-state index is 12.6. The van der Waals surface area contributed by atoms with Crippen molar-refractivity contribution in [1.82, 2.24) is 4.72 Å². The molecular formula is C21H26N2O7S. The number of hydrogen-bond donors (Lipinski definition) is 2. The zero-order valence-corrected chi connectivity index (χ0v) is 18.3. The first-order chi connectivity index (χ1) is 14.9. The van der Waals surface area contributed by atoms with E-state index in [9.17, 15) is 13.2 Å². The minimum atomic E-state index is -3.80. The summed E-state index contributed by atoms with van der Waals surface area (Å²) in [7, 11) is -2.29. The average Bonchev–Trinajstić information content (AvgIpc) is 2.99. The normalized spacial score (nSPS) is 13.2. The molecule has 1 heterocycles. The summed E-state index contributed by atoms with van der Waals surface area (Å²) in [6.07, 6.45) is 0.684. The molecule has 0 fully saturated rings. The number of ether oxygens (including phenoxy) is 4. The van der Waals surface area contributed by atoms with E-state index in [2.05, 4.69) is 10.0 Å². The number of hydrogen-bond acceptors (Lipinski definition) is 7. The maximum atomic E-state index is 12.6. The molecule has 2 aromatic rings. The molecule has 2 N–H and O–H groups in total. The van der Waals surface area contributed by atoms with Crippen LogP contribution in [0.4, 0.5) is 5.69 Å². The van der Waals surface area contributed by atoms with Gasteiger partial charge in [0.25, 0.3) is 0 Å². The van der Waals surface area contributed by atoms with Gasteiger partial charge in [0.05, 0.1) is 31.8 Å². The number of nitrogens with one attached hydrogen (secondary N) is 2. The Morgan fingerprint density at radius 1 is 1.06 bits per heavy atom. The second kappa shape index (κ2) is 10.4. The van der Waals surface area contributed by atoms with Crippen molar-refractivity contribution in [2.24, 2.45) is 0 Å². The van der Waals surface area contributed by atoms with Crippen molar-refractivity contribution in [1.29, 1.82) is 0 Å². The second-order valence-corrected chi connectivity index (χ2v) is 8.42. The smallest absolute Gasteiger partial charge is 0.240 e. The summed E-state index contributed by atoms with van der Waals surface area (Å²) in [5, 5.41) is 2.71. The van der Waals surface area contributed by atoms with Crippen molar-refractivity contribution in [2.75, 3.05) is 38.8 Å². The van der Waals surface area contributed by atoms with Crippen molar-refractivity contribution in [3.8, 4) is 23.0 Å². The van der Waals surface area contributed by atoms with Crippen LogP contribution in [0.1, 0.15) is 19.8 Å². The molecule has 0 saturated heterocycles. The summed E-state index contributed by atoms with van der Waals surface area (Å²) >= 11 is 0. The molecule has 0 aliphatic carbocycles. The van der Waals surface area contributed by atoms with Crippen LogP contribution in [0.3, 0.4) is 0 Å². The van der Waals surface area contributed by atoms with Gasteiger partial charge in [0.15, 0.2) is 23.0 Å². The molecule has 10 heteroatoms. The Kier molecular flexibility index (Phi) is 7.59. The summed E-state index contributed by atoms with van der Waals surface area (Å²) in [4.78, 5) is 12.3. The minimum absolute atomic E-state index is 0.0424. The lowest BCUT2D eigenvalue weighted by Gasteiger charge is -2.12. The summed E-state index contributed by atoms with van der Waals surface area (Å²) in [5.74, 6) is 1.64. The number of carbonyl (C=O) groups is 1. The quantitative estimate of drug-likeness (QED) is 0.604. The van der Waals surface area contributed by atoms with E-state index < -0.39 is 10.0 Å². The fourth-order valence-corrected chi connectivity index (χ4v) is 3.98. The Hall–Kier alpha value is -2.98. The van der Waals surface area contributed by atoms with Crippen molar-refractivity contribution in [3.05, 3.63) is 36.4 Å². The van der Waals surface area contributed by atoms with Crippen molar-refractivity contribution >= 4 is 21.6 Å². The molecule has 0 saturated carbocycles. The van der Waals surface area contributed by atoms with Gasteiger partial charge in [-0.2, -0.15) is 0 Å². The van der Waals surface area contributed by atoms with Gasteiger partial charge in [0.1, 0.15) is 0 Å². The molecule has 3 rings (SSSR count). The summed E-state index contributed by atoms with van der Waals surface area (Å²) in [5.41, 5.74) is 0.524. The van der Waals surface area contributed by atoms with Gasteiger partial charge in [-0.3, -0.25) is 4.79 Å². The minimum Gasteiger partial charge on any atom is -0.493 e. The van der Waals surface area contributed by atoms with Crippen LogP contribution in [0.5, 0.6) is 23.0 Å². The number of amides is 1. The van der Waals surface area contributed by atoms with Crippen LogP contribution in [-0.4, -0.2) is 47.8 Å². The predicted octanol–water partition coefficient (Wildman–Crippen LogP) is 2.56. The Morgan fingerprint density at radius 3 is 2.58 bits per heavy atom. The van der Waals surface area contributed by atoms with Gasteiger partial charge in [-0.25, -0.2) is 13.1 Å². The van der Waals surface area contributed by atoms with Crippen LogP contribution in [0.25, 0.3) is 0 Å². The van der Waals surface area contributed by atoms with Crippen LogP contribution >= 0.6 is 0 Å². The number of sulfonamides is 1. The van der Waals surface area contributed by atoms with E-state index in [0.29, 0.717) is 48.5 Å². The zero-order chi connectivity index (χ0) is 22.3. The van der Waals surface area contributed by atoms with Crippen molar-refractivity contribution < 1.29 is 32.2 Å². The molecule has 1 aliphatic heterocycles. The number of methoxy groups -OCH3 is 1. The molecule has 0 aromatic heterocycles. The van der Waals surface area contributed by atoms with Crippen molar-refractivity contribution in [3.63, 3.8) is 0 Å². The molecule has 31 heavy (non-hydrogen) atoms. The highest BCUT2D eigenvalue weighted by Gasteiger charge is 2.19. The topological polar surface area (TPSA) is 112 Å². The third-order valence-electron chi connectivity index (χ3n) is 4.42. The van der Waals surface area contributed by atoms with E-state index in [4.69, 9.17) is 18.9 Å². The Morgan fingerprint density at radius 2 is 1.84 bits per heavy atom. The largest absolute Gasteiger partial charge is 0.493 e. The summed E-state index contributed by atoms with van der Waals surface area (Å²) in [6.45, 7) is 3.28. The fraction of sp³-hybridized carbons (Fsp3) is 0.381. The molecule has 0 bridgehead atoms. The summed E-state index contributed by atoms with van der Waals surface area (Å²) < 4.78 is 49.3. The van der Waals surface area contributed by atoms with Crippen LogP contribution in [0.15, 0.2) is 41.3 Å². The van der Waals surface area contributed by atoms with Gasteiger partial charge in [-0.15, -0.1) is 0 Å². The zero-order valence-electron chi connectivity index (χ0n) is 17.5. The van der Waals surface area contributed by atoms with Gasteiger partial charge >= 0.3 is 0 Å². The first-order valence-corrected chi connectivity index (χ1v) is 11.4. The predicted molar refractivity (Wildman–Crippen MR) is 115 cm³/mol. The van der Waals surface area contributed by atoms with Crippen LogP contribution in [0, 0.1) is 0 Å². The third kappa shape index (κ3) is 6.02. The van der Waals surface area contributed by atoms with Crippen LogP contribution in [-0.2, 0) is 14.8 Å². The van der Waals surface area contributed by atoms with E-state index in [-0.39, 0.29) is 23.8 Å². The van der Waals surface area contributed by atoms with E-state index in [1.54, 1.807) is 24.3 Å². The number of fused-ring (bicyclic) bond motifs is 1. The lowest BCUT2D eigenvalue weighted by atomic mass is 10.2. The standard InChI is InChI=1S/C21H26N2O7S/c1-3-28-17-7-5-15(13-19(17)27-2)23-21(24)9-10-22-31(25,26)16-6-8-18-20(14-16)30-12-4-11-29-18/h5-8,13-14,22H,3-4,9-12H2,1-2H3,(H,23,24). The fourth-order valence-electron chi connectivity index (χ4n) is 2.94. The molecule has 9 nitrogen and oxygen atoms in total. The highest BCUT2D eigenvalue weighted by molar-refractivity contribution is 7.89. The lowest BCUT2D eigenvalue weighted by molar-refractivity contribution is -0.116. The van der Waals surface area contributed by atoms with Gasteiger partial charge in [0.2, 0.25) is 15.9 Å². The monoisotopic (exact) mass is 450 g/mol. The molecule has 1 amide bonds. The molecule has 0 unspecified atom stereocenters. The first kappa shape index (κ1) is 22.7. The molecule has 0 radical (unpaired) electrons. The number of carbonyl (C=O) groups excluding carboxylic acids is 1. The average molecular weight is 451 g/mol. The SMILES string of the molecule is CCOc1ccc(NC(=O)CCNS(=O)(=O)c2ccc3c(c2)OCCCO3)cc1OC. The molecular weight excluding hydrogens is 424 g/mol. The first-order valence-electron chi connectivity index (χ1n) is 9.93. The lowest BCUT2D eigenvalue weighted by Crippen LogP contribution is -2.27. The molecule has 0 spiro atoms. The summed E-state index contributed by atoms with van der Waals surface area (Å²) in [6, 6.07) is 9.47. The van der Waals surface area contributed by atoms with E-state index in [1.807, 2.05) is 6.92 Å². The Balaban J connectivity index is 1.56. The van der Waals surface area contributed by atoms with Crippen LogP contribution in [0.2, 0.25) is 0 Å². The second-order valence-electron chi connectivity index (χ2n) is 6.65. The van der Waals surface area contributed by atoms with Crippen LogP contribution < -0.4 is 29.0 Å². The molecule has 168 valence electrons. The highest BCUT2D eigenvalue weighted by Crippen LogP contribution is 2.32. The van der Waals surface area contributed by atoms with E-state index in [1.165, 1.54) is 19.2 Å². The third-order valence-corrected chi connectivity index (χ3v) is 5.88. The highest BCUT2D eigenvalue weighted by atomic mass is 32.2. The van der Waals surface area contributed by atoms with Crippen molar-refractivity contribution in [2.45, 2.75) is 24.7 Å². The van der Waals surface area contributed by atoms with Gasteiger partial charge in [-0.05, 0) is 31.2 Å².